The minimum Gasteiger partial charge on any atom is -0.481 e. The topological polar surface area (TPSA) is 135 Å². The molecule has 1 unspecified atom stereocenters. The summed E-state index contributed by atoms with van der Waals surface area (Å²) in [4.78, 5) is 27.5. The van der Waals surface area contributed by atoms with Crippen molar-refractivity contribution in [1.82, 2.24) is 19.6 Å². The van der Waals surface area contributed by atoms with E-state index in [1.807, 2.05) is 14.0 Å². The molecule has 1 saturated heterocycles. The Bertz CT molecular complexity index is 1220. The van der Waals surface area contributed by atoms with Crippen LogP contribution in [-0.2, 0) is 14.8 Å². The van der Waals surface area contributed by atoms with Gasteiger partial charge in [0.1, 0.15) is 5.52 Å². The van der Waals surface area contributed by atoms with Crippen LogP contribution in [0.25, 0.3) is 21.8 Å². The number of aliphatic carboxylic acids is 1. The van der Waals surface area contributed by atoms with Crippen LogP contribution in [0.3, 0.4) is 0 Å². The molecule has 1 fully saturated rings. The Labute approximate surface area is 186 Å². The molecule has 0 bridgehead atoms. The summed E-state index contributed by atoms with van der Waals surface area (Å²) in [5, 5.41) is 12.5. The second-order valence-corrected chi connectivity index (χ2v) is 9.15. The maximum Gasteiger partial charge on any atom is 0.303 e. The SMILES string of the molecule is CCCC(=O)O.CNC1CCN(S(=O)(=O)c2ccc3[nH]c(=O)c4[nH]ccc4c3c2)C1.Cl. The van der Waals surface area contributed by atoms with Gasteiger partial charge in [-0.1, -0.05) is 6.92 Å². The van der Waals surface area contributed by atoms with Crippen LogP contribution in [0.2, 0.25) is 0 Å². The van der Waals surface area contributed by atoms with E-state index in [0.29, 0.717) is 30.5 Å². The molecule has 0 spiro atoms. The first-order valence-corrected chi connectivity index (χ1v) is 11.2. The van der Waals surface area contributed by atoms with Crippen molar-refractivity contribution in [3.8, 4) is 0 Å². The van der Waals surface area contributed by atoms with Gasteiger partial charge in [-0.2, -0.15) is 4.31 Å². The molecule has 3 heterocycles. The molecule has 3 aromatic rings. The third kappa shape index (κ3) is 5.27. The molecule has 31 heavy (non-hydrogen) atoms. The van der Waals surface area contributed by atoms with Gasteiger partial charge in [-0.15, -0.1) is 12.4 Å². The van der Waals surface area contributed by atoms with Gasteiger partial charge in [-0.3, -0.25) is 9.59 Å². The number of nitrogens with one attached hydrogen (secondary N) is 3. The van der Waals surface area contributed by atoms with Gasteiger partial charge in [-0.05, 0) is 44.2 Å². The average molecular weight is 471 g/mol. The number of fused-ring (bicyclic) bond motifs is 3. The molecule has 4 rings (SSSR count). The fraction of sp³-hybridized carbons (Fsp3) is 0.400. The number of hydrogen-bond donors (Lipinski definition) is 4. The molecule has 4 N–H and O–H groups in total. The number of pyridine rings is 1. The fourth-order valence-electron chi connectivity index (χ4n) is 3.53. The molecule has 2 aromatic heterocycles. The molecule has 11 heteroatoms. The summed E-state index contributed by atoms with van der Waals surface area (Å²) in [5.74, 6) is -0.711. The van der Waals surface area contributed by atoms with E-state index < -0.39 is 16.0 Å². The predicted molar refractivity (Wildman–Crippen MR) is 122 cm³/mol. The normalized spacial score (nSPS) is 16.6. The fourth-order valence-corrected chi connectivity index (χ4v) is 5.05. The molecule has 1 aliphatic rings. The van der Waals surface area contributed by atoms with Gasteiger partial charge in [0.2, 0.25) is 10.0 Å². The smallest absolute Gasteiger partial charge is 0.303 e. The molecule has 0 aliphatic carbocycles. The predicted octanol–water partition coefficient (Wildman–Crippen LogP) is 2.28. The molecule has 0 saturated carbocycles. The van der Waals surface area contributed by atoms with Gasteiger partial charge in [-0.25, -0.2) is 8.42 Å². The lowest BCUT2D eigenvalue weighted by Crippen LogP contribution is -2.33. The maximum atomic E-state index is 12.9. The van der Waals surface area contributed by atoms with Crippen molar-refractivity contribution in [2.45, 2.75) is 37.1 Å². The van der Waals surface area contributed by atoms with Gasteiger partial charge < -0.3 is 20.4 Å². The number of sulfonamides is 1. The van der Waals surface area contributed by atoms with E-state index in [1.165, 1.54) is 4.31 Å². The van der Waals surface area contributed by atoms with Crippen molar-refractivity contribution in [1.29, 1.82) is 0 Å². The summed E-state index contributed by atoms with van der Waals surface area (Å²) in [7, 11) is -1.70. The molecular formula is C20H27ClN4O5S. The third-order valence-corrected chi connectivity index (χ3v) is 7.03. The highest BCUT2D eigenvalue weighted by atomic mass is 35.5. The first-order chi connectivity index (χ1) is 14.3. The monoisotopic (exact) mass is 470 g/mol. The molecule has 170 valence electrons. The van der Waals surface area contributed by atoms with Crippen LogP contribution in [0.4, 0.5) is 0 Å². The van der Waals surface area contributed by atoms with Crippen molar-refractivity contribution >= 4 is 50.2 Å². The van der Waals surface area contributed by atoms with E-state index in [0.717, 1.165) is 23.6 Å². The molecule has 1 aromatic carbocycles. The largest absolute Gasteiger partial charge is 0.481 e. The van der Waals surface area contributed by atoms with E-state index in [1.54, 1.807) is 30.5 Å². The highest BCUT2D eigenvalue weighted by molar-refractivity contribution is 7.89. The summed E-state index contributed by atoms with van der Waals surface area (Å²) < 4.78 is 27.3. The minimum atomic E-state index is -3.54. The molecular weight excluding hydrogens is 444 g/mol. The lowest BCUT2D eigenvalue weighted by Gasteiger charge is -2.17. The number of aromatic nitrogens is 2. The summed E-state index contributed by atoms with van der Waals surface area (Å²) in [6.45, 7) is 2.83. The van der Waals surface area contributed by atoms with Crippen molar-refractivity contribution in [3.63, 3.8) is 0 Å². The number of rotatable bonds is 5. The minimum absolute atomic E-state index is 0. The Hall–Kier alpha value is -2.40. The van der Waals surface area contributed by atoms with E-state index in [9.17, 15) is 18.0 Å². The molecule has 9 nitrogen and oxygen atoms in total. The van der Waals surface area contributed by atoms with Crippen LogP contribution >= 0.6 is 12.4 Å². The van der Waals surface area contributed by atoms with Crippen LogP contribution < -0.4 is 10.9 Å². The number of carbonyl (C=O) groups is 1. The van der Waals surface area contributed by atoms with Crippen LogP contribution in [-0.4, -0.2) is 59.9 Å². The van der Waals surface area contributed by atoms with Crippen LogP contribution in [0, 0.1) is 0 Å². The Kier molecular flexibility index (Phi) is 8.24. The number of aromatic amines is 2. The van der Waals surface area contributed by atoms with Crippen LogP contribution in [0.15, 0.2) is 40.2 Å². The number of halogens is 1. The first-order valence-electron chi connectivity index (χ1n) is 9.80. The highest BCUT2D eigenvalue weighted by Gasteiger charge is 2.32. The van der Waals surface area contributed by atoms with Crippen LogP contribution in [0.1, 0.15) is 26.2 Å². The number of carboxylic acid groups (broad SMARTS) is 1. The second kappa shape index (κ2) is 10.3. The zero-order chi connectivity index (χ0) is 21.9. The van der Waals surface area contributed by atoms with E-state index in [-0.39, 0.29) is 28.9 Å². The third-order valence-electron chi connectivity index (χ3n) is 5.16. The number of hydrogen-bond acceptors (Lipinski definition) is 5. The average Bonchev–Trinajstić information content (AvgIpc) is 3.38. The number of nitrogens with zero attached hydrogens (tertiary/aromatic N) is 1. The Balaban J connectivity index is 0.000000433. The standard InChI is InChI=1S/C16H18N4O3S.C4H8O2.ClH/c1-17-10-5-7-20(9-10)24(22,23)11-2-3-14-13(8-11)12-4-6-18-15(12)16(21)19-14;1-2-3-4(5)6;/h2-4,6,8,10,17-18H,5,7,9H2,1H3,(H,19,21);2-3H2,1H3,(H,5,6);1H. The zero-order valence-electron chi connectivity index (χ0n) is 17.3. The van der Waals surface area contributed by atoms with Gasteiger partial charge in [0.05, 0.1) is 4.90 Å². The molecule has 0 amide bonds. The summed E-state index contributed by atoms with van der Waals surface area (Å²) in [5.41, 5.74) is 0.864. The number of carboxylic acids is 1. The maximum absolute atomic E-state index is 12.9. The Morgan fingerprint density at radius 2 is 2.03 bits per heavy atom. The molecule has 1 atom stereocenters. The van der Waals surface area contributed by atoms with Gasteiger partial charge in [0.15, 0.2) is 0 Å². The Morgan fingerprint density at radius 3 is 2.61 bits per heavy atom. The zero-order valence-corrected chi connectivity index (χ0v) is 19.0. The highest BCUT2D eigenvalue weighted by Crippen LogP contribution is 2.27. The van der Waals surface area contributed by atoms with Gasteiger partial charge in [0, 0.05) is 48.0 Å². The second-order valence-electron chi connectivity index (χ2n) is 7.21. The van der Waals surface area contributed by atoms with Crippen molar-refractivity contribution in [2.75, 3.05) is 20.1 Å². The lowest BCUT2D eigenvalue weighted by molar-refractivity contribution is -0.137. The summed E-state index contributed by atoms with van der Waals surface area (Å²) >= 11 is 0. The summed E-state index contributed by atoms with van der Waals surface area (Å²) in [6, 6.07) is 6.83. The number of likely N-dealkylation sites (N-methyl/N-ethyl adjacent to an activating group) is 1. The van der Waals surface area contributed by atoms with E-state index >= 15 is 0 Å². The van der Waals surface area contributed by atoms with Crippen molar-refractivity contribution < 1.29 is 18.3 Å². The molecule has 0 radical (unpaired) electrons. The lowest BCUT2D eigenvalue weighted by atomic mass is 10.1. The number of benzene rings is 1. The van der Waals surface area contributed by atoms with Crippen LogP contribution in [0.5, 0.6) is 0 Å². The van der Waals surface area contributed by atoms with E-state index in [4.69, 9.17) is 5.11 Å². The first kappa shape index (κ1) is 24.9. The van der Waals surface area contributed by atoms with Gasteiger partial charge >= 0.3 is 5.97 Å². The molecule has 1 aliphatic heterocycles. The van der Waals surface area contributed by atoms with E-state index in [2.05, 4.69) is 15.3 Å². The quantitative estimate of drug-likeness (QED) is 0.451. The summed E-state index contributed by atoms with van der Waals surface area (Å²) in [6.07, 6.45) is 3.51. The van der Waals surface area contributed by atoms with Crippen molar-refractivity contribution in [3.05, 3.63) is 40.8 Å². The van der Waals surface area contributed by atoms with Gasteiger partial charge in [0.25, 0.3) is 5.56 Å². The number of H-pyrrole nitrogens is 2. The Morgan fingerprint density at radius 1 is 1.29 bits per heavy atom. The van der Waals surface area contributed by atoms with Crippen molar-refractivity contribution in [2.24, 2.45) is 0 Å².